The highest BCUT2D eigenvalue weighted by Crippen LogP contribution is 2.60. The summed E-state index contributed by atoms with van der Waals surface area (Å²) in [6.07, 6.45) is 25.9. The maximum atomic E-state index is 12.8. The summed E-state index contributed by atoms with van der Waals surface area (Å²) in [7, 11) is -10.9. The minimum atomic E-state index is -5.44. The maximum Gasteiger partial charge on any atom is 0.481 e. The van der Waals surface area contributed by atoms with Gasteiger partial charge in [0.15, 0.2) is 12.3 Å². The van der Waals surface area contributed by atoms with Crippen molar-refractivity contribution < 1.29 is 71.4 Å². The summed E-state index contributed by atoms with van der Waals surface area (Å²) in [6.45, 7) is 3.98. The van der Waals surface area contributed by atoms with E-state index in [0.29, 0.717) is 38.0 Å². The van der Waals surface area contributed by atoms with Gasteiger partial charge in [-0.05, 0) is 56.9 Å². The molecular weight excluding hydrogens is 912 g/mol. The van der Waals surface area contributed by atoms with Crippen LogP contribution in [0.2, 0.25) is 0 Å². The number of allylic oxidation sites excluding steroid dienone is 9. The van der Waals surface area contributed by atoms with E-state index in [1.807, 2.05) is 49.5 Å². The first-order chi connectivity index (χ1) is 31.9. The monoisotopic (exact) mass is 987 g/mol. The van der Waals surface area contributed by atoms with Crippen LogP contribution in [0.4, 0.5) is 5.82 Å². The van der Waals surface area contributed by atoms with Gasteiger partial charge in [-0.15, -0.1) is 0 Å². The largest absolute Gasteiger partial charge is 0.481 e. The van der Waals surface area contributed by atoms with E-state index >= 15 is 0 Å². The van der Waals surface area contributed by atoms with Crippen molar-refractivity contribution in [2.75, 3.05) is 25.6 Å². The average Bonchev–Trinajstić information content (AvgIpc) is 3.55. The number of aliphatic hydroxyl groups is 3. The Hall–Kier alpha value is -3.58. The molecule has 0 radical (unpaired) electrons. The van der Waals surface area contributed by atoms with Crippen LogP contribution in [-0.2, 0) is 46.3 Å². The molecule has 0 aliphatic carbocycles. The van der Waals surface area contributed by atoms with E-state index in [1.54, 1.807) is 6.08 Å². The first kappa shape index (κ1) is 59.5. The van der Waals surface area contributed by atoms with Crippen molar-refractivity contribution in [3.05, 3.63) is 83.5 Å². The second-order valence-corrected chi connectivity index (χ2v) is 19.6. The summed E-state index contributed by atoms with van der Waals surface area (Å²) in [5.74, 6) is -0.685. The molecule has 7 N–H and O–H groups in total. The second kappa shape index (κ2) is 33.8. The third-order valence-electron chi connectivity index (χ3n) is 10.2. The van der Waals surface area contributed by atoms with Crippen molar-refractivity contribution in [2.45, 2.75) is 167 Å². The Balaban J connectivity index is 1.86. The van der Waals surface area contributed by atoms with Crippen molar-refractivity contribution in [3.8, 4) is 0 Å². The molecule has 1 aromatic rings. The number of aliphatic hydroxyl groups excluding tert-OH is 3. The summed E-state index contributed by atoms with van der Waals surface area (Å²) < 4.78 is 56.5. The molecule has 2 rings (SSSR count). The molecular formula is C46H75N3O16P2. The lowest BCUT2D eigenvalue weighted by Gasteiger charge is -2.21. The van der Waals surface area contributed by atoms with Crippen LogP contribution in [-0.4, -0.2) is 96.9 Å². The Morgan fingerprint density at radius 1 is 0.821 bits per heavy atom. The maximum absolute atomic E-state index is 12.8. The number of ether oxygens (including phenoxy) is 3. The van der Waals surface area contributed by atoms with Crippen LogP contribution in [0.3, 0.4) is 0 Å². The van der Waals surface area contributed by atoms with Gasteiger partial charge in [0.1, 0.15) is 30.7 Å². The van der Waals surface area contributed by atoms with Crippen LogP contribution in [0.15, 0.2) is 77.8 Å². The van der Waals surface area contributed by atoms with E-state index in [1.165, 1.54) is 31.7 Å². The van der Waals surface area contributed by atoms with Gasteiger partial charge in [0, 0.05) is 19.0 Å². The molecule has 67 heavy (non-hydrogen) atoms. The van der Waals surface area contributed by atoms with Gasteiger partial charge in [0.05, 0.1) is 19.3 Å². The Morgan fingerprint density at radius 3 is 2.06 bits per heavy atom. The summed E-state index contributed by atoms with van der Waals surface area (Å²) >= 11 is 0. The summed E-state index contributed by atoms with van der Waals surface area (Å²) in [5, 5.41) is 30.4. The summed E-state index contributed by atoms with van der Waals surface area (Å²) in [5.41, 5.74) is 4.57. The van der Waals surface area contributed by atoms with Crippen LogP contribution in [0.1, 0.15) is 136 Å². The number of aromatic nitrogens is 2. The molecule has 1 saturated heterocycles. The van der Waals surface area contributed by atoms with Crippen molar-refractivity contribution >= 4 is 33.4 Å². The Kier molecular flexibility index (Phi) is 30.1. The van der Waals surface area contributed by atoms with Crippen LogP contribution in [0.5, 0.6) is 0 Å². The number of anilines is 1. The van der Waals surface area contributed by atoms with E-state index in [-0.39, 0.29) is 18.7 Å². The van der Waals surface area contributed by atoms with Gasteiger partial charge in [-0.25, -0.2) is 13.9 Å². The zero-order valence-corrected chi connectivity index (χ0v) is 41.0. The van der Waals surface area contributed by atoms with Crippen molar-refractivity contribution in [1.82, 2.24) is 9.55 Å². The van der Waals surface area contributed by atoms with E-state index in [4.69, 9.17) is 29.0 Å². The first-order valence-corrected chi connectivity index (χ1v) is 26.3. The Morgan fingerprint density at radius 2 is 1.42 bits per heavy atom. The predicted molar refractivity (Wildman–Crippen MR) is 253 cm³/mol. The molecule has 2 heterocycles. The van der Waals surface area contributed by atoms with Gasteiger partial charge in [-0.3, -0.25) is 23.2 Å². The molecule has 1 aliphatic rings. The van der Waals surface area contributed by atoms with Gasteiger partial charge >= 0.3 is 33.3 Å². The number of hydrogen-bond donors (Lipinski definition) is 6. The van der Waals surface area contributed by atoms with Gasteiger partial charge in [0.25, 0.3) is 0 Å². The predicted octanol–water partition coefficient (Wildman–Crippen LogP) is 7.60. The van der Waals surface area contributed by atoms with E-state index < -0.39 is 89.8 Å². The smallest absolute Gasteiger partial charge is 0.462 e. The molecule has 2 unspecified atom stereocenters. The average molecular weight is 988 g/mol. The zero-order valence-electron chi connectivity index (χ0n) is 39.2. The van der Waals surface area contributed by atoms with E-state index in [0.717, 1.165) is 49.3 Å². The second-order valence-electron chi connectivity index (χ2n) is 16.6. The van der Waals surface area contributed by atoms with Gasteiger partial charge < -0.3 is 45.1 Å². The van der Waals surface area contributed by atoms with Crippen LogP contribution in [0, 0.1) is 5.92 Å². The number of phosphoric ester groups is 2. The highest BCUT2D eigenvalue weighted by Gasteiger charge is 2.46. The lowest BCUT2D eigenvalue weighted by atomic mass is 10.0. The first-order valence-electron chi connectivity index (χ1n) is 23.3. The third-order valence-corrected chi connectivity index (χ3v) is 12.8. The lowest BCUT2D eigenvalue weighted by molar-refractivity contribution is -0.161. The van der Waals surface area contributed by atoms with Crippen molar-refractivity contribution in [3.63, 3.8) is 0 Å². The molecule has 380 valence electrons. The molecule has 1 aromatic heterocycles. The van der Waals surface area contributed by atoms with Gasteiger partial charge in [-0.1, -0.05) is 133 Å². The normalized spacial score (nSPS) is 20.7. The number of nitrogen functional groups attached to an aromatic ring is 1. The Labute approximate surface area is 395 Å². The molecule has 8 atom stereocenters. The van der Waals surface area contributed by atoms with Crippen molar-refractivity contribution in [1.29, 1.82) is 0 Å². The fourth-order valence-electron chi connectivity index (χ4n) is 6.42. The van der Waals surface area contributed by atoms with E-state index in [9.17, 15) is 48.6 Å². The highest BCUT2D eigenvalue weighted by atomic mass is 31.3. The molecule has 0 spiro atoms. The molecule has 0 bridgehead atoms. The van der Waals surface area contributed by atoms with Crippen LogP contribution in [0.25, 0.3) is 0 Å². The fourth-order valence-corrected chi connectivity index (χ4v) is 8.54. The molecule has 0 saturated carbocycles. The molecule has 0 amide bonds. The molecule has 1 aliphatic heterocycles. The Bertz CT molecular complexity index is 1890. The van der Waals surface area contributed by atoms with Crippen LogP contribution < -0.4 is 11.4 Å². The quantitative estimate of drug-likeness (QED) is 0.0124. The number of rotatable bonds is 36. The van der Waals surface area contributed by atoms with Crippen LogP contribution >= 0.6 is 15.6 Å². The number of esters is 2. The number of unbranched alkanes of at least 4 members (excludes halogenated alkanes) is 8. The molecule has 0 aromatic carbocycles. The third kappa shape index (κ3) is 27.9. The number of phosphoric acid groups is 2. The SMILES string of the molecule is CC[C@@H](O)/C=C/C=C\C/C=C\C/C=C\C/C=C\CCCC(=O)O[C@H](COC(=O)CCCCCCCCCCC(C)C)COP(=O)(O)OP(=O)(O)OC[C@H]1O[C@@H](n2ccc(N)nc2=O)[C@H](O)[C@@H]1O. The number of carbonyl (C=O) groups is 2. The highest BCUT2D eigenvalue weighted by molar-refractivity contribution is 7.61. The molecule has 21 heteroatoms. The zero-order chi connectivity index (χ0) is 49.5. The minimum absolute atomic E-state index is 0.0440. The van der Waals surface area contributed by atoms with E-state index in [2.05, 4.69) is 35.3 Å². The van der Waals surface area contributed by atoms with Gasteiger partial charge in [0.2, 0.25) is 0 Å². The topological polar surface area (TPSA) is 286 Å². The number of nitrogens with two attached hydrogens (primary N) is 1. The van der Waals surface area contributed by atoms with Gasteiger partial charge in [-0.2, -0.15) is 9.29 Å². The standard InChI is InChI=1S/C46H75N3O16P2/c1-4-37(50)28-24-20-16-11-9-7-5-6-8-10-12-18-22-26-30-42(52)63-38(33-60-41(51)29-25-21-17-14-13-15-19-23-27-36(2)3)34-61-66(56,57)65-67(58,59)62-35-39-43(53)44(54)45(64-39)49-32-31-40(47)48-46(49)55/h6-9,12,16,18,20,24,28,31-32,36-39,43-45,50,53-54H,4-5,10-11,13-15,17,19,21-23,25-27,29-30,33-35H2,1-3H3,(H,56,57)(H,58,59)(H2,47,48,55)/b8-6-,9-7-,18-12-,20-16-,28-24+/t37-,38-,39-,43-,44-,45-/m1/s1. The number of nitrogens with zero attached hydrogens (tertiary/aromatic N) is 2. The number of hydrogen-bond acceptors (Lipinski definition) is 16. The number of carbonyl (C=O) groups excluding carboxylic acids is 2. The fraction of sp³-hybridized carbons (Fsp3) is 0.652. The summed E-state index contributed by atoms with van der Waals surface area (Å²) in [6, 6.07) is 1.24. The summed E-state index contributed by atoms with van der Waals surface area (Å²) in [4.78, 5) is 61.7. The molecule has 19 nitrogen and oxygen atoms in total. The lowest BCUT2D eigenvalue weighted by Crippen LogP contribution is -2.36. The molecule has 1 fully saturated rings. The minimum Gasteiger partial charge on any atom is -0.462 e. The van der Waals surface area contributed by atoms with Crippen molar-refractivity contribution in [2.24, 2.45) is 5.92 Å².